The molecule has 208 valence electrons. The third-order valence-corrected chi connectivity index (χ3v) is 8.28. The molecule has 1 aliphatic carbocycles. The molecule has 0 radical (unpaired) electrons. The highest BCUT2D eigenvalue weighted by Gasteiger charge is 2.22. The second-order valence-corrected chi connectivity index (χ2v) is 10.9. The van der Waals surface area contributed by atoms with E-state index in [9.17, 15) is 14.4 Å². The molecule has 0 saturated carbocycles. The van der Waals surface area contributed by atoms with Crippen LogP contribution in [0.5, 0.6) is 0 Å². The summed E-state index contributed by atoms with van der Waals surface area (Å²) in [6.45, 7) is 2.50. The third kappa shape index (κ3) is 4.12. The summed E-state index contributed by atoms with van der Waals surface area (Å²) in [5.41, 5.74) is 5.36. The van der Waals surface area contributed by atoms with Crippen molar-refractivity contribution in [2.24, 2.45) is 7.05 Å². The normalized spacial score (nSPS) is 15.1. The highest BCUT2D eigenvalue weighted by molar-refractivity contribution is 5.93. The number of likely N-dealkylation sites (N-methyl/N-ethyl adjacent to an activating group) is 1. The standard InChI is InChI=1S/C30H30N8O3/c1-34-11-14-38-20(17-34)16-26(33-38)32-23-7-8-27(40)35(2)28(23)21-9-10-31-29(22(21)18-39)37-13-12-36-24-6-4-3-5-19(24)15-25(36)30(37)41/h7-10,12-13,15-16,18H,3-6,11,14,17H2,1-2H3,(H,32,33). The first-order chi connectivity index (χ1) is 19.9. The summed E-state index contributed by atoms with van der Waals surface area (Å²) >= 11 is 0. The lowest BCUT2D eigenvalue weighted by atomic mass is 9.98. The van der Waals surface area contributed by atoms with Crippen LogP contribution in [0.2, 0.25) is 0 Å². The topological polar surface area (TPSA) is 111 Å². The van der Waals surface area contributed by atoms with Gasteiger partial charge in [0, 0.05) is 62.1 Å². The summed E-state index contributed by atoms with van der Waals surface area (Å²) in [6, 6.07) is 8.82. The quantitative estimate of drug-likeness (QED) is 0.335. The molecule has 0 fully saturated rings. The second kappa shape index (κ2) is 9.70. The van der Waals surface area contributed by atoms with Crippen molar-refractivity contribution in [1.29, 1.82) is 0 Å². The predicted molar refractivity (Wildman–Crippen MR) is 155 cm³/mol. The largest absolute Gasteiger partial charge is 0.337 e. The van der Waals surface area contributed by atoms with Crippen molar-refractivity contribution >= 4 is 23.3 Å². The number of fused-ring (bicyclic) bond motifs is 4. The van der Waals surface area contributed by atoms with Gasteiger partial charge in [-0.05, 0) is 56.5 Å². The fraction of sp³-hybridized carbons (Fsp3) is 0.300. The lowest BCUT2D eigenvalue weighted by Crippen LogP contribution is -2.30. The number of hydrogen-bond donors (Lipinski definition) is 1. The van der Waals surface area contributed by atoms with Crippen molar-refractivity contribution in [1.82, 2.24) is 33.2 Å². The fourth-order valence-corrected chi connectivity index (χ4v) is 6.19. The van der Waals surface area contributed by atoms with E-state index in [0.717, 1.165) is 51.0 Å². The lowest BCUT2D eigenvalue weighted by molar-refractivity contribution is 0.112. The van der Waals surface area contributed by atoms with Crippen LogP contribution in [0.3, 0.4) is 0 Å². The first kappa shape index (κ1) is 25.2. The molecule has 11 heteroatoms. The molecule has 0 saturated heterocycles. The van der Waals surface area contributed by atoms with Gasteiger partial charge in [0.05, 0.1) is 29.2 Å². The number of aromatic nitrogens is 6. The molecule has 0 atom stereocenters. The molecule has 11 nitrogen and oxygen atoms in total. The van der Waals surface area contributed by atoms with Gasteiger partial charge in [-0.1, -0.05) is 0 Å². The Bertz CT molecular complexity index is 1960. The Kier molecular flexibility index (Phi) is 5.97. The van der Waals surface area contributed by atoms with Gasteiger partial charge in [-0.15, -0.1) is 0 Å². The van der Waals surface area contributed by atoms with Crippen LogP contribution in [-0.4, -0.2) is 53.1 Å². The van der Waals surface area contributed by atoms with Gasteiger partial charge in [-0.3, -0.25) is 28.5 Å². The van der Waals surface area contributed by atoms with E-state index in [0.29, 0.717) is 34.6 Å². The van der Waals surface area contributed by atoms with E-state index in [-0.39, 0.29) is 22.5 Å². The number of nitrogens with one attached hydrogen (secondary N) is 1. The molecule has 5 aromatic heterocycles. The summed E-state index contributed by atoms with van der Waals surface area (Å²) < 4.78 is 6.85. The summed E-state index contributed by atoms with van der Waals surface area (Å²) in [5, 5.41) is 8.07. The summed E-state index contributed by atoms with van der Waals surface area (Å²) in [7, 11) is 3.73. The Morgan fingerprint density at radius 3 is 2.71 bits per heavy atom. The van der Waals surface area contributed by atoms with Crippen LogP contribution >= 0.6 is 0 Å². The van der Waals surface area contributed by atoms with Crippen molar-refractivity contribution in [2.45, 2.75) is 38.8 Å². The third-order valence-electron chi connectivity index (χ3n) is 8.28. The Labute approximate surface area is 235 Å². The average molecular weight is 551 g/mol. The molecule has 0 aromatic carbocycles. The van der Waals surface area contributed by atoms with Gasteiger partial charge >= 0.3 is 0 Å². The predicted octanol–water partition coefficient (Wildman–Crippen LogP) is 2.93. The Morgan fingerprint density at radius 2 is 1.85 bits per heavy atom. The highest BCUT2D eigenvalue weighted by atomic mass is 16.1. The van der Waals surface area contributed by atoms with Gasteiger partial charge in [-0.25, -0.2) is 4.98 Å². The number of carbonyl (C=O) groups excluding carboxylic acids is 1. The molecule has 6 heterocycles. The maximum atomic E-state index is 13.7. The summed E-state index contributed by atoms with van der Waals surface area (Å²) in [6.07, 6.45) is 9.90. The van der Waals surface area contributed by atoms with Crippen LogP contribution in [0, 0.1) is 0 Å². The van der Waals surface area contributed by atoms with Crippen molar-refractivity contribution in [2.75, 3.05) is 18.9 Å². The molecule has 0 amide bonds. The van der Waals surface area contributed by atoms with Crippen LogP contribution in [0.15, 0.2) is 58.5 Å². The lowest BCUT2D eigenvalue weighted by Gasteiger charge is -2.22. The van der Waals surface area contributed by atoms with Crippen molar-refractivity contribution < 1.29 is 4.79 Å². The first-order valence-electron chi connectivity index (χ1n) is 13.8. The zero-order chi connectivity index (χ0) is 28.2. The summed E-state index contributed by atoms with van der Waals surface area (Å²) in [4.78, 5) is 45.9. The molecular weight excluding hydrogens is 520 g/mol. The van der Waals surface area contributed by atoms with Gasteiger partial charge < -0.3 is 14.3 Å². The molecule has 0 spiro atoms. The Balaban J connectivity index is 1.36. The molecule has 41 heavy (non-hydrogen) atoms. The smallest absolute Gasteiger partial charge is 0.280 e. The van der Waals surface area contributed by atoms with E-state index in [4.69, 9.17) is 5.10 Å². The number of aldehydes is 1. The minimum Gasteiger partial charge on any atom is -0.337 e. The zero-order valence-corrected chi connectivity index (χ0v) is 23.0. The van der Waals surface area contributed by atoms with Crippen LogP contribution < -0.4 is 16.4 Å². The van der Waals surface area contributed by atoms with E-state index >= 15 is 0 Å². The van der Waals surface area contributed by atoms with E-state index < -0.39 is 0 Å². The van der Waals surface area contributed by atoms with Crippen molar-refractivity contribution in [3.8, 4) is 17.1 Å². The number of nitrogens with zero attached hydrogens (tertiary/aromatic N) is 7. The molecule has 1 N–H and O–H groups in total. The Morgan fingerprint density at radius 1 is 1.00 bits per heavy atom. The molecule has 7 rings (SSSR count). The molecule has 0 bridgehead atoms. The fourth-order valence-electron chi connectivity index (χ4n) is 6.19. The van der Waals surface area contributed by atoms with Crippen LogP contribution in [-0.2, 0) is 33.0 Å². The number of anilines is 2. The van der Waals surface area contributed by atoms with Gasteiger partial charge in [0.1, 0.15) is 5.52 Å². The van der Waals surface area contributed by atoms with Crippen LogP contribution in [0.1, 0.15) is 40.2 Å². The van der Waals surface area contributed by atoms with Gasteiger partial charge in [0.25, 0.3) is 11.1 Å². The molecule has 5 aromatic rings. The summed E-state index contributed by atoms with van der Waals surface area (Å²) in [5.74, 6) is 0.864. The van der Waals surface area contributed by atoms with Crippen molar-refractivity contribution in [3.05, 3.63) is 92.1 Å². The van der Waals surface area contributed by atoms with Gasteiger partial charge in [0.2, 0.25) is 0 Å². The first-order valence-corrected chi connectivity index (χ1v) is 13.8. The molecule has 1 aliphatic heterocycles. The van der Waals surface area contributed by atoms with E-state index in [1.54, 1.807) is 31.6 Å². The molecule has 2 aliphatic rings. The van der Waals surface area contributed by atoms with E-state index in [1.807, 2.05) is 27.4 Å². The highest BCUT2D eigenvalue weighted by Crippen LogP contribution is 2.33. The minimum atomic E-state index is -0.247. The molecule has 0 unspecified atom stereocenters. The monoisotopic (exact) mass is 550 g/mol. The van der Waals surface area contributed by atoms with Gasteiger partial charge in [-0.2, -0.15) is 5.10 Å². The van der Waals surface area contributed by atoms with E-state index in [1.165, 1.54) is 26.5 Å². The number of pyridine rings is 2. The average Bonchev–Trinajstić information content (AvgIpc) is 3.56. The maximum absolute atomic E-state index is 13.7. The zero-order valence-electron chi connectivity index (χ0n) is 23.0. The van der Waals surface area contributed by atoms with Crippen LogP contribution in [0.4, 0.5) is 11.5 Å². The number of aryl methyl sites for hydroxylation is 2. The van der Waals surface area contributed by atoms with Crippen molar-refractivity contribution in [3.63, 3.8) is 0 Å². The van der Waals surface area contributed by atoms with Crippen LogP contribution in [0.25, 0.3) is 22.6 Å². The number of hydrogen-bond acceptors (Lipinski definition) is 7. The van der Waals surface area contributed by atoms with E-state index in [2.05, 4.69) is 22.2 Å². The number of rotatable bonds is 5. The maximum Gasteiger partial charge on any atom is 0.280 e. The second-order valence-electron chi connectivity index (χ2n) is 10.9. The minimum absolute atomic E-state index is 0.213. The number of carbonyl (C=O) groups is 1. The Hall–Kier alpha value is -4.77. The SMILES string of the molecule is CN1CCn2nc(Nc3ccc(=O)n(C)c3-c3ccnc(-n4ccn5c6c(cc5c4=O)CCCC6)c3C=O)cc2C1. The molecular formula is C30H30N8O3. The van der Waals surface area contributed by atoms with Gasteiger partial charge in [0.15, 0.2) is 17.9 Å².